The summed E-state index contributed by atoms with van der Waals surface area (Å²) in [6.07, 6.45) is 6.29. The fourth-order valence-electron chi connectivity index (χ4n) is 3.19. The zero-order valence-corrected chi connectivity index (χ0v) is 11.5. The molecule has 3 nitrogen and oxygen atoms in total. The lowest BCUT2D eigenvalue weighted by Gasteiger charge is -2.43. The molecule has 0 unspecified atom stereocenters. The van der Waals surface area contributed by atoms with E-state index in [1.54, 1.807) is 0 Å². The molecule has 100 valence electrons. The molecule has 3 heteroatoms. The van der Waals surface area contributed by atoms with Crippen LogP contribution < -0.4 is 0 Å². The van der Waals surface area contributed by atoms with Crippen LogP contribution in [0.15, 0.2) is 0 Å². The molecule has 0 spiro atoms. The number of aliphatic carboxylic acids is 1. The standard InChI is InChI=1S/C14H27NO2/c1-4-7-12-8-10-15(11-9-12)14(5-2,6-3)13(16)17/h12H,4-11H2,1-3H3,(H,16,17). The highest BCUT2D eigenvalue weighted by Gasteiger charge is 2.42. The maximum absolute atomic E-state index is 11.5. The summed E-state index contributed by atoms with van der Waals surface area (Å²) < 4.78 is 0. The fourth-order valence-corrected chi connectivity index (χ4v) is 3.19. The Morgan fingerprint density at radius 3 is 2.12 bits per heavy atom. The topological polar surface area (TPSA) is 40.5 Å². The van der Waals surface area contributed by atoms with Crippen LogP contribution in [0.2, 0.25) is 0 Å². The predicted octanol–water partition coefficient (Wildman–Crippen LogP) is 3.14. The van der Waals surface area contributed by atoms with Crippen molar-refractivity contribution in [2.45, 2.75) is 64.8 Å². The summed E-state index contributed by atoms with van der Waals surface area (Å²) in [5, 5.41) is 9.50. The number of carboxylic acid groups (broad SMARTS) is 1. The van der Waals surface area contributed by atoms with E-state index in [9.17, 15) is 9.90 Å². The molecule has 17 heavy (non-hydrogen) atoms. The average Bonchev–Trinajstić information content (AvgIpc) is 2.33. The predicted molar refractivity (Wildman–Crippen MR) is 70.2 cm³/mol. The highest BCUT2D eigenvalue weighted by atomic mass is 16.4. The Kier molecular flexibility index (Phi) is 5.44. The summed E-state index contributed by atoms with van der Waals surface area (Å²) in [6.45, 7) is 8.13. The van der Waals surface area contributed by atoms with E-state index in [-0.39, 0.29) is 0 Å². The number of hydrogen-bond donors (Lipinski definition) is 1. The Bertz CT molecular complexity index is 241. The summed E-state index contributed by atoms with van der Waals surface area (Å²) in [6, 6.07) is 0. The van der Waals surface area contributed by atoms with E-state index in [4.69, 9.17) is 0 Å². The van der Waals surface area contributed by atoms with Crippen molar-refractivity contribution >= 4 is 5.97 Å². The minimum atomic E-state index is -0.642. The zero-order valence-electron chi connectivity index (χ0n) is 11.5. The average molecular weight is 241 g/mol. The number of hydrogen-bond acceptors (Lipinski definition) is 2. The van der Waals surface area contributed by atoms with E-state index in [1.165, 1.54) is 25.7 Å². The normalized spacial score (nSPS) is 19.5. The molecule has 0 aliphatic carbocycles. The molecule has 1 fully saturated rings. The Morgan fingerprint density at radius 2 is 1.76 bits per heavy atom. The van der Waals surface area contributed by atoms with Gasteiger partial charge in [0.2, 0.25) is 0 Å². The molecule has 1 N–H and O–H groups in total. The largest absolute Gasteiger partial charge is 0.480 e. The van der Waals surface area contributed by atoms with Gasteiger partial charge in [0, 0.05) is 0 Å². The molecule has 1 aliphatic rings. The van der Waals surface area contributed by atoms with Crippen molar-refractivity contribution in [2.75, 3.05) is 13.1 Å². The molecule has 0 amide bonds. The van der Waals surface area contributed by atoms with E-state index in [0.29, 0.717) is 12.8 Å². The highest BCUT2D eigenvalue weighted by molar-refractivity contribution is 5.78. The molecule has 0 atom stereocenters. The van der Waals surface area contributed by atoms with Crippen molar-refractivity contribution in [2.24, 2.45) is 5.92 Å². The van der Waals surface area contributed by atoms with Crippen LogP contribution in [0, 0.1) is 5.92 Å². The van der Waals surface area contributed by atoms with Gasteiger partial charge in [0.05, 0.1) is 0 Å². The van der Waals surface area contributed by atoms with Gasteiger partial charge in [0.1, 0.15) is 5.54 Å². The van der Waals surface area contributed by atoms with E-state index in [2.05, 4.69) is 11.8 Å². The van der Waals surface area contributed by atoms with Crippen molar-refractivity contribution in [1.29, 1.82) is 0 Å². The van der Waals surface area contributed by atoms with Gasteiger partial charge in [-0.3, -0.25) is 9.69 Å². The summed E-state index contributed by atoms with van der Waals surface area (Å²) in [4.78, 5) is 13.8. The molecule has 0 saturated carbocycles. The number of piperidine rings is 1. The van der Waals surface area contributed by atoms with Gasteiger partial charge in [-0.15, -0.1) is 0 Å². The summed E-state index contributed by atoms with van der Waals surface area (Å²) in [7, 11) is 0. The minimum absolute atomic E-state index is 0.614. The summed E-state index contributed by atoms with van der Waals surface area (Å²) in [5.41, 5.74) is -0.614. The Balaban J connectivity index is 2.64. The number of carbonyl (C=O) groups is 1. The third-order valence-corrected chi connectivity index (χ3v) is 4.48. The smallest absolute Gasteiger partial charge is 0.324 e. The molecule has 1 aliphatic heterocycles. The molecule has 0 aromatic rings. The lowest BCUT2D eigenvalue weighted by Crippen LogP contribution is -2.56. The molecule has 0 bridgehead atoms. The third-order valence-electron chi connectivity index (χ3n) is 4.48. The van der Waals surface area contributed by atoms with Gasteiger partial charge in [-0.1, -0.05) is 33.6 Å². The molecule has 0 aromatic heterocycles. The number of nitrogens with zero attached hydrogens (tertiary/aromatic N) is 1. The van der Waals surface area contributed by atoms with Crippen LogP contribution in [0.5, 0.6) is 0 Å². The number of rotatable bonds is 6. The van der Waals surface area contributed by atoms with Crippen LogP contribution in [-0.4, -0.2) is 34.6 Å². The van der Waals surface area contributed by atoms with Crippen LogP contribution in [-0.2, 0) is 4.79 Å². The maximum atomic E-state index is 11.5. The lowest BCUT2D eigenvalue weighted by atomic mass is 9.85. The molecule has 1 rings (SSSR count). The Morgan fingerprint density at radius 1 is 1.24 bits per heavy atom. The first kappa shape index (κ1) is 14.5. The second-order valence-corrected chi connectivity index (χ2v) is 5.26. The molecule has 0 radical (unpaired) electrons. The van der Waals surface area contributed by atoms with Gasteiger partial charge in [-0.2, -0.15) is 0 Å². The van der Waals surface area contributed by atoms with Gasteiger partial charge < -0.3 is 5.11 Å². The van der Waals surface area contributed by atoms with Crippen LogP contribution >= 0.6 is 0 Å². The quantitative estimate of drug-likeness (QED) is 0.776. The SMILES string of the molecule is CCCC1CCN(C(CC)(CC)C(=O)O)CC1. The second-order valence-electron chi connectivity index (χ2n) is 5.26. The van der Waals surface area contributed by atoms with E-state index in [0.717, 1.165) is 19.0 Å². The van der Waals surface area contributed by atoms with E-state index in [1.807, 2.05) is 13.8 Å². The van der Waals surface area contributed by atoms with Crippen molar-refractivity contribution < 1.29 is 9.90 Å². The monoisotopic (exact) mass is 241 g/mol. The van der Waals surface area contributed by atoms with E-state index >= 15 is 0 Å². The van der Waals surface area contributed by atoms with Crippen LogP contribution in [0.25, 0.3) is 0 Å². The van der Waals surface area contributed by atoms with Crippen molar-refractivity contribution in [3.63, 3.8) is 0 Å². The first-order valence-electron chi connectivity index (χ1n) is 7.09. The molecule has 0 aromatic carbocycles. The van der Waals surface area contributed by atoms with Crippen molar-refractivity contribution in [3.05, 3.63) is 0 Å². The van der Waals surface area contributed by atoms with Crippen molar-refractivity contribution in [1.82, 2.24) is 4.90 Å². The summed E-state index contributed by atoms with van der Waals surface area (Å²) >= 11 is 0. The van der Waals surface area contributed by atoms with Crippen LogP contribution in [0.1, 0.15) is 59.3 Å². The Labute approximate surface area is 105 Å². The highest BCUT2D eigenvalue weighted by Crippen LogP contribution is 2.31. The lowest BCUT2D eigenvalue weighted by molar-refractivity contribution is -0.153. The van der Waals surface area contributed by atoms with E-state index < -0.39 is 11.5 Å². The molecular formula is C14H27NO2. The van der Waals surface area contributed by atoms with Gasteiger partial charge in [-0.25, -0.2) is 0 Å². The molecule has 1 saturated heterocycles. The first-order valence-corrected chi connectivity index (χ1v) is 7.09. The zero-order chi connectivity index (χ0) is 12.9. The number of likely N-dealkylation sites (tertiary alicyclic amines) is 1. The van der Waals surface area contributed by atoms with Gasteiger partial charge in [0.15, 0.2) is 0 Å². The van der Waals surface area contributed by atoms with Gasteiger partial charge >= 0.3 is 5.97 Å². The fraction of sp³-hybridized carbons (Fsp3) is 0.929. The number of carboxylic acids is 1. The van der Waals surface area contributed by atoms with Crippen LogP contribution in [0.4, 0.5) is 0 Å². The molecule has 1 heterocycles. The maximum Gasteiger partial charge on any atom is 0.324 e. The van der Waals surface area contributed by atoms with Crippen molar-refractivity contribution in [3.8, 4) is 0 Å². The van der Waals surface area contributed by atoms with Gasteiger partial charge in [-0.05, 0) is 44.7 Å². The molecular weight excluding hydrogens is 214 g/mol. The first-order chi connectivity index (χ1) is 8.10. The second kappa shape index (κ2) is 6.39. The van der Waals surface area contributed by atoms with Gasteiger partial charge in [0.25, 0.3) is 0 Å². The summed E-state index contributed by atoms with van der Waals surface area (Å²) in [5.74, 6) is 0.174. The third kappa shape index (κ3) is 3.01. The minimum Gasteiger partial charge on any atom is -0.480 e. The van der Waals surface area contributed by atoms with Crippen LogP contribution in [0.3, 0.4) is 0 Å². The Hall–Kier alpha value is -0.570.